The van der Waals surface area contributed by atoms with Crippen LogP contribution in [0.1, 0.15) is 0 Å². The number of aryl methyl sites for hydroxylation is 1. The van der Waals surface area contributed by atoms with Crippen LogP contribution in [0.3, 0.4) is 0 Å². The molecule has 2 heterocycles. The molecule has 1 amide bonds. The van der Waals surface area contributed by atoms with E-state index < -0.39 is 6.09 Å². The number of methoxy groups -OCH3 is 1. The summed E-state index contributed by atoms with van der Waals surface area (Å²) in [5.41, 5.74) is 6.49. The van der Waals surface area contributed by atoms with Crippen molar-refractivity contribution in [3.8, 4) is 0 Å². The lowest BCUT2D eigenvalue weighted by atomic mass is 10.3. The number of nitrogen functional groups attached to an aromatic ring is 1. The van der Waals surface area contributed by atoms with Crippen LogP contribution in [-0.4, -0.2) is 65.3 Å². The summed E-state index contributed by atoms with van der Waals surface area (Å²) < 4.78 is 7.04. The van der Waals surface area contributed by atoms with Gasteiger partial charge in [-0.3, -0.25) is 4.68 Å². The number of nitrogens with zero attached hydrogens (tertiary/aromatic N) is 4. The third kappa shape index (κ3) is 2.73. The van der Waals surface area contributed by atoms with E-state index >= 15 is 0 Å². The normalized spacial score (nSPS) is 20.4. The SMILES string of the molecule is COC1CN(C(=O)O)CCN(c2c(N)cnn2C)C1. The summed E-state index contributed by atoms with van der Waals surface area (Å²) in [5, 5.41) is 13.2. The van der Waals surface area contributed by atoms with Crippen molar-refractivity contribution in [1.82, 2.24) is 14.7 Å². The maximum Gasteiger partial charge on any atom is 0.407 e. The molecule has 0 aromatic carbocycles. The third-order valence-corrected chi connectivity index (χ3v) is 3.33. The second kappa shape index (κ2) is 5.35. The van der Waals surface area contributed by atoms with Crippen LogP contribution in [0.4, 0.5) is 16.3 Å². The van der Waals surface area contributed by atoms with E-state index in [1.165, 1.54) is 4.90 Å². The standard InChI is InChI=1S/C11H19N5O3/c1-14-10(9(12)5-13-14)15-3-4-16(11(17)18)7-8(6-15)19-2/h5,8H,3-4,6-7,12H2,1-2H3,(H,17,18). The number of carboxylic acid groups (broad SMARTS) is 1. The Morgan fingerprint density at radius 2 is 2.26 bits per heavy atom. The smallest absolute Gasteiger partial charge is 0.407 e. The van der Waals surface area contributed by atoms with E-state index in [2.05, 4.69) is 5.10 Å². The maximum atomic E-state index is 11.1. The van der Waals surface area contributed by atoms with Gasteiger partial charge in [0.25, 0.3) is 0 Å². The molecule has 1 saturated heterocycles. The molecule has 1 aromatic rings. The van der Waals surface area contributed by atoms with Gasteiger partial charge in [-0.05, 0) is 0 Å². The fourth-order valence-electron chi connectivity index (χ4n) is 2.32. The molecule has 19 heavy (non-hydrogen) atoms. The molecule has 0 bridgehead atoms. The minimum absolute atomic E-state index is 0.187. The van der Waals surface area contributed by atoms with Crippen molar-refractivity contribution in [2.24, 2.45) is 7.05 Å². The molecule has 3 N–H and O–H groups in total. The van der Waals surface area contributed by atoms with Crippen molar-refractivity contribution in [2.75, 3.05) is 43.9 Å². The number of rotatable bonds is 2. The first-order valence-corrected chi connectivity index (χ1v) is 6.06. The number of hydrogen-bond donors (Lipinski definition) is 2. The van der Waals surface area contributed by atoms with Crippen molar-refractivity contribution in [3.63, 3.8) is 0 Å². The van der Waals surface area contributed by atoms with Gasteiger partial charge < -0.3 is 25.4 Å². The summed E-state index contributed by atoms with van der Waals surface area (Å²) in [6.45, 7) is 1.93. The lowest BCUT2D eigenvalue weighted by molar-refractivity contribution is 0.0752. The van der Waals surface area contributed by atoms with Gasteiger partial charge in [-0.2, -0.15) is 5.10 Å². The van der Waals surface area contributed by atoms with E-state index in [4.69, 9.17) is 15.6 Å². The molecule has 1 aliphatic rings. The molecule has 8 nitrogen and oxygen atoms in total. The number of carbonyl (C=O) groups is 1. The largest absolute Gasteiger partial charge is 0.465 e. The van der Waals surface area contributed by atoms with Crippen molar-refractivity contribution in [2.45, 2.75) is 6.10 Å². The van der Waals surface area contributed by atoms with Crippen molar-refractivity contribution < 1.29 is 14.6 Å². The fourth-order valence-corrected chi connectivity index (χ4v) is 2.32. The Morgan fingerprint density at radius 1 is 1.53 bits per heavy atom. The van der Waals surface area contributed by atoms with Gasteiger partial charge in [-0.25, -0.2) is 4.79 Å². The molecule has 1 aliphatic heterocycles. The Balaban J connectivity index is 2.21. The molecular weight excluding hydrogens is 250 g/mol. The molecule has 1 atom stereocenters. The van der Waals surface area contributed by atoms with Crippen LogP contribution in [0.15, 0.2) is 6.20 Å². The zero-order chi connectivity index (χ0) is 14.0. The molecule has 0 aliphatic carbocycles. The van der Waals surface area contributed by atoms with Crippen molar-refractivity contribution >= 4 is 17.6 Å². The van der Waals surface area contributed by atoms with Gasteiger partial charge in [0.1, 0.15) is 5.82 Å². The van der Waals surface area contributed by atoms with Crippen LogP contribution < -0.4 is 10.6 Å². The average Bonchev–Trinajstić information content (AvgIpc) is 2.61. The van der Waals surface area contributed by atoms with E-state index in [0.29, 0.717) is 31.9 Å². The van der Waals surface area contributed by atoms with Crippen LogP contribution in [-0.2, 0) is 11.8 Å². The van der Waals surface area contributed by atoms with Crippen LogP contribution in [0.5, 0.6) is 0 Å². The molecular formula is C11H19N5O3. The van der Waals surface area contributed by atoms with Gasteiger partial charge in [0.05, 0.1) is 24.5 Å². The Bertz CT molecular complexity index is 442. The molecule has 1 unspecified atom stereocenters. The lowest BCUT2D eigenvalue weighted by Gasteiger charge is -2.25. The maximum absolute atomic E-state index is 11.1. The summed E-state index contributed by atoms with van der Waals surface area (Å²) in [7, 11) is 3.40. The summed E-state index contributed by atoms with van der Waals surface area (Å²) >= 11 is 0. The van der Waals surface area contributed by atoms with Crippen LogP contribution in [0.25, 0.3) is 0 Å². The number of amides is 1. The highest BCUT2D eigenvalue weighted by Gasteiger charge is 2.27. The molecule has 0 radical (unpaired) electrons. The Morgan fingerprint density at radius 3 is 2.79 bits per heavy atom. The molecule has 1 fully saturated rings. The molecule has 2 rings (SSSR count). The highest BCUT2D eigenvalue weighted by molar-refractivity contribution is 5.66. The quantitative estimate of drug-likeness (QED) is 0.773. The van der Waals surface area contributed by atoms with E-state index in [1.807, 2.05) is 11.9 Å². The summed E-state index contributed by atoms with van der Waals surface area (Å²) in [4.78, 5) is 14.5. The fraction of sp³-hybridized carbons (Fsp3) is 0.636. The minimum Gasteiger partial charge on any atom is -0.465 e. The summed E-state index contributed by atoms with van der Waals surface area (Å²) in [6, 6.07) is 0. The first-order valence-electron chi connectivity index (χ1n) is 6.06. The summed E-state index contributed by atoms with van der Waals surface area (Å²) in [6.07, 6.45) is 0.478. The predicted molar refractivity (Wildman–Crippen MR) is 70.2 cm³/mol. The van der Waals surface area contributed by atoms with E-state index in [1.54, 1.807) is 18.0 Å². The first kappa shape index (κ1) is 13.5. The van der Waals surface area contributed by atoms with E-state index in [9.17, 15) is 4.79 Å². The van der Waals surface area contributed by atoms with Crippen molar-refractivity contribution in [1.29, 1.82) is 0 Å². The zero-order valence-electron chi connectivity index (χ0n) is 11.1. The van der Waals surface area contributed by atoms with E-state index in [-0.39, 0.29) is 6.10 Å². The average molecular weight is 269 g/mol. The molecule has 106 valence electrons. The van der Waals surface area contributed by atoms with Crippen LogP contribution in [0, 0.1) is 0 Å². The minimum atomic E-state index is -0.929. The predicted octanol–water partition coefficient (Wildman–Crippen LogP) is -0.183. The Kier molecular flexibility index (Phi) is 3.79. The second-order valence-corrected chi connectivity index (χ2v) is 4.58. The Hall–Kier alpha value is -1.96. The molecule has 0 saturated carbocycles. The Labute approximate surface area is 111 Å². The number of anilines is 2. The van der Waals surface area contributed by atoms with E-state index in [0.717, 1.165) is 5.82 Å². The van der Waals surface area contributed by atoms with Gasteiger partial charge in [0.2, 0.25) is 0 Å². The monoisotopic (exact) mass is 269 g/mol. The molecule has 0 spiro atoms. The lowest BCUT2D eigenvalue weighted by Crippen LogP contribution is -2.37. The number of hydrogen-bond acceptors (Lipinski definition) is 5. The second-order valence-electron chi connectivity index (χ2n) is 4.58. The number of ether oxygens (including phenoxy) is 1. The van der Waals surface area contributed by atoms with Gasteiger partial charge in [0, 0.05) is 33.8 Å². The van der Waals surface area contributed by atoms with Gasteiger partial charge >= 0.3 is 6.09 Å². The van der Waals surface area contributed by atoms with Crippen LogP contribution in [0.2, 0.25) is 0 Å². The van der Waals surface area contributed by atoms with Crippen LogP contribution >= 0.6 is 0 Å². The third-order valence-electron chi connectivity index (χ3n) is 3.33. The van der Waals surface area contributed by atoms with Crippen molar-refractivity contribution in [3.05, 3.63) is 6.20 Å². The highest BCUT2D eigenvalue weighted by Crippen LogP contribution is 2.23. The molecule has 1 aromatic heterocycles. The van der Waals surface area contributed by atoms with Gasteiger partial charge in [-0.1, -0.05) is 0 Å². The highest BCUT2D eigenvalue weighted by atomic mass is 16.5. The van der Waals surface area contributed by atoms with Gasteiger partial charge in [-0.15, -0.1) is 0 Å². The van der Waals surface area contributed by atoms with Gasteiger partial charge in [0.15, 0.2) is 0 Å². The zero-order valence-corrected chi connectivity index (χ0v) is 11.1. The first-order chi connectivity index (χ1) is 9.02. The number of aromatic nitrogens is 2. The summed E-state index contributed by atoms with van der Waals surface area (Å²) in [5.74, 6) is 0.800. The number of nitrogens with two attached hydrogens (primary N) is 1. The topological polar surface area (TPSA) is 96.8 Å². The molecule has 8 heteroatoms.